The van der Waals surface area contributed by atoms with Gasteiger partial charge in [0.25, 0.3) is 5.91 Å². The molecule has 0 aliphatic heterocycles. The van der Waals surface area contributed by atoms with Crippen molar-refractivity contribution in [1.82, 2.24) is 4.90 Å². The topological polar surface area (TPSA) is 49.4 Å². The molecule has 2 rings (SSSR count). The lowest BCUT2D eigenvalue weighted by atomic mass is 10.2. The van der Waals surface area contributed by atoms with Crippen molar-refractivity contribution in [3.05, 3.63) is 62.8 Å². The van der Waals surface area contributed by atoms with Crippen LogP contribution < -0.4 is 5.32 Å². The normalized spacial score (nSPS) is 10.3. The molecule has 0 heterocycles. The van der Waals surface area contributed by atoms with Crippen LogP contribution in [0.25, 0.3) is 0 Å². The van der Waals surface area contributed by atoms with E-state index in [1.165, 1.54) is 24.1 Å². The molecule has 0 aliphatic carbocycles. The molecule has 0 aliphatic rings. The number of likely N-dealkylation sites (N-methyl/N-ethyl adjacent to an activating group) is 1. The van der Waals surface area contributed by atoms with Gasteiger partial charge in [0.15, 0.2) is 0 Å². The van der Waals surface area contributed by atoms with Crippen molar-refractivity contribution in [3.63, 3.8) is 0 Å². The Kier molecular flexibility index (Phi) is 5.90. The molecule has 0 saturated carbocycles. The predicted octanol–water partition coefficient (Wildman–Crippen LogP) is 4.06. The van der Waals surface area contributed by atoms with Crippen LogP contribution in [0.1, 0.15) is 10.4 Å². The molecule has 0 radical (unpaired) electrons. The Balaban J connectivity index is 2.03. The summed E-state index contributed by atoms with van der Waals surface area (Å²) >= 11 is 6.46. The number of nitrogens with zero attached hydrogens (tertiary/aromatic N) is 1. The lowest BCUT2D eigenvalue weighted by molar-refractivity contribution is -0.116. The Morgan fingerprint density at radius 1 is 1.17 bits per heavy atom. The number of amides is 2. The molecule has 0 spiro atoms. The van der Waals surface area contributed by atoms with Gasteiger partial charge in [-0.05, 0) is 46.3 Å². The van der Waals surface area contributed by atoms with E-state index in [9.17, 15) is 14.0 Å². The van der Waals surface area contributed by atoms with E-state index in [-0.39, 0.29) is 18.0 Å². The number of rotatable bonds is 4. The first-order valence-electron chi connectivity index (χ1n) is 6.63. The second-order valence-corrected chi connectivity index (χ2v) is 6.58. The van der Waals surface area contributed by atoms with Crippen molar-refractivity contribution in [1.29, 1.82) is 0 Å². The standard InChI is InChI=1S/C16H13Br2FN2O2/c1-21(16(23)11-7-6-10(17)8-13(11)19)9-15(22)20-14-5-3-2-4-12(14)18/h2-8H,9H2,1H3,(H,20,22). The highest BCUT2D eigenvalue weighted by molar-refractivity contribution is 9.10. The maximum absolute atomic E-state index is 13.8. The Morgan fingerprint density at radius 3 is 2.52 bits per heavy atom. The molecule has 0 atom stereocenters. The fraction of sp³-hybridized carbons (Fsp3) is 0.125. The van der Waals surface area contributed by atoms with Gasteiger partial charge in [0.05, 0.1) is 17.8 Å². The molecule has 0 aromatic heterocycles. The van der Waals surface area contributed by atoms with Gasteiger partial charge in [0.2, 0.25) is 5.91 Å². The molecule has 0 saturated heterocycles. The number of halogens is 3. The summed E-state index contributed by atoms with van der Waals surface area (Å²) in [5.41, 5.74) is 0.526. The van der Waals surface area contributed by atoms with Crippen molar-refractivity contribution in [2.24, 2.45) is 0 Å². The number of anilines is 1. The van der Waals surface area contributed by atoms with Gasteiger partial charge in [-0.15, -0.1) is 0 Å². The van der Waals surface area contributed by atoms with Gasteiger partial charge in [0, 0.05) is 16.0 Å². The average Bonchev–Trinajstić information content (AvgIpc) is 2.49. The van der Waals surface area contributed by atoms with Crippen LogP contribution in [0.3, 0.4) is 0 Å². The van der Waals surface area contributed by atoms with Gasteiger partial charge in [-0.1, -0.05) is 28.1 Å². The van der Waals surface area contributed by atoms with Gasteiger partial charge >= 0.3 is 0 Å². The number of carbonyl (C=O) groups is 2. The van der Waals surface area contributed by atoms with Gasteiger partial charge in [-0.25, -0.2) is 4.39 Å². The van der Waals surface area contributed by atoms with E-state index in [4.69, 9.17) is 0 Å². The van der Waals surface area contributed by atoms with E-state index in [0.717, 1.165) is 4.47 Å². The van der Waals surface area contributed by atoms with E-state index in [2.05, 4.69) is 37.2 Å². The van der Waals surface area contributed by atoms with Gasteiger partial charge in [-0.3, -0.25) is 9.59 Å². The van der Waals surface area contributed by atoms with Crippen LogP contribution in [0.4, 0.5) is 10.1 Å². The van der Waals surface area contributed by atoms with Crippen molar-refractivity contribution < 1.29 is 14.0 Å². The fourth-order valence-corrected chi connectivity index (χ4v) is 2.63. The summed E-state index contributed by atoms with van der Waals surface area (Å²) in [6.45, 7) is -0.185. The summed E-state index contributed by atoms with van der Waals surface area (Å²) in [5, 5.41) is 2.69. The lowest BCUT2D eigenvalue weighted by Crippen LogP contribution is -2.35. The highest BCUT2D eigenvalue weighted by Crippen LogP contribution is 2.21. The SMILES string of the molecule is CN(CC(=O)Nc1ccccc1Br)C(=O)c1ccc(Br)cc1F. The van der Waals surface area contributed by atoms with Crippen LogP contribution >= 0.6 is 31.9 Å². The number of benzene rings is 2. The summed E-state index contributed by atoms with van der Waals surface area (Å²) in [7, 11) is 1.45. The van der Waals surface area contributed by atoms with Crippen LogP contribution in [0, 0.1) is 5.82 Å². The molecule has 0 bridgehead atoms. The summed E-state index contributed by atoms with van der Waals surface area (Å²) in [6.07, 6.45) is 0. The highest BCUT2D eigenvalue weighted by atomic mass is 79.9. The average molecular weight is 444 g/mol. The summed E-state index contributed by atoms with van der Waals surface area (Å²) in [4.78, 5) is 25.4. The molecular weight excluding hydrogens is 431 g/mol. The smallest absolute Gasteiger partial charge is 0.257 e. The van der Waals surface area contributed by atoms with Crippen molar-refractivity contribution in [2.45, 2.75) is 0 Å². The first kappa shape index (κ1) is 17.6. The molecule has 23 heavy (non-hydrogen) atoms. The zero-order valence-electron chi connectivity index (χ0n) is 12.1. The number of hydrogen-bond donors (Lipinski definition) is 1. The number of nitrogens with one attached hydrogen (secondary N) is 1. The molecule has 1 N–H and O–H groups in total. The van der Waals surface area contributed by atoms with Crippen LogP contribution in [0.15, 0.2) is 51.4 Å². The molecule has 2 amide bonds. The minimum Gasteiger partial charge on any atom is -0.332 e. The third kappa shape index (κ3) is 4.62. The third-order valence-corrected chi connectivity index (χ3v) is 4.22. The maximum atomic E-state index is 13.8. The zero-order chi connectivity index (χ0) is 17.0. The Morgan fingerprint density at radius 2 is 1.87 bits per heavy atom. The van der Waals surface area contributed by atoms with E-state index in [1.54, 1.807) is 24.3 Å². The molecule has 2 aromatic rings. The quantitative estimate of drug-likeness (QED) is 0.774. The Labute approximate surface area is 149 Å². The minimum absolute atomic E-state index is 0.0793. The summed E-state index contributed by atoms with van der Waals surface area (Å²) < 4.78 is 15.1. The number of carbonyl (C=O) groups excluding carboxylic acids is 2. The third-order valence-electron chi connectivity index (χ3n) is 3.04. The van der Waals surface area contributed by atoms with Gasteiger partial charge < -0.3 is 10.2 Å². The van der Waals surface area contributed by atoms with Gasteiger partial charge in [-0.2, -0.15) is 0 Å². The largest absolute Gasteiger partial charge is 0.332 e. The lowest BCUT2D eigenvalue weighted by Gasteiger charge is -2.17. The van der Waals surface area contributed by atoms with E-state index in [0.29, 0.717) is 10.2 Å². The van der Waals surface area contributed by atoms with Crippen LogP contribution in [0.2, 0.25) is 0 Å². The summed E-state index contributed by atoms with van der Waals surface area (Å²) in [6, 6.07) is 11.3. The van der Waals surface area contributed by atoms with E-state index in [1.807, 2.05) is 6.07 Å². The molecule has 0 fully saturated rings. The summed E-state index contributed by atoms with van der Waals surface area (Å²) in [5.74, 6) is -1.56. The molecule has 7 heteroatoms. The predicted molar refractivity (Wildman–Crippen MR) is 93.8 cm³/mol. The highest BCUT2D eigenvalue weighted by Gasteiger charge is 2.18. The van der Waals surface area contributed by atoms with Crippen LogP contribution in [0.5, 0.6) is 0 Å². The minimum atomic E-state index is -0.637. The maximum Gasteiger partial charge on any atom is 0.257 e. The van der Waals surface area contributed by atoms with Crippen LogP contribution in [-0.4, -0.2) is 30.3 Å². The molecule has 4 nitrogen and oxygen atoms in total. The fourth-order valence-electron chi connectivity index (χ4n) is 1.91. The molecule has 2 aromatic carbocycles. The van der Waals surface area contributed by atoms with Gasteiger partial charge in [0.1, 0.15) is 5.82 Å². The zero-order valence-corrected chi connectivity index (χ0v) is 15.3. The molecule has 0 unspecified atom stereocenters. The van der Waals surface area contributed by atoms with Crippen molar-refractivity contribution >= 4 is 49.4 Å². The second-order valence-electron chi connectivity index (χ2n) is 4.81. The second kappa shape index (κ2) is 7.70. The van der Waals surface area contributed by atoms with E-state index >= 15 is 0 Å². The van der Waals surface area contributed by atoms with E-state index < -0.39 is 11.7 Å². The Hall–Kier alpha value is -1.73. The van der Waals surface area contributed by atoms with Crippen molar-refractivity contribution in [3.8, 4) is 0 Å². The Bertz CT molecular complexity index is 753. The number of para-hydroxylation sites is 1. The monoisotopic (exact) mass is 442 g/mol. The first-order chi connectivity index (χ1) is 10.9. The van der Waals surface area contributed by atoms with Crippen LogP contribution in [-0.2, 0) is 4.79 Å². The number of hydrogen-bond acceptors (Lipinski definition) is 2. The molecule has 120 valence electrons. The first-order valence-corrected chi connectivity index (χ1v) is 8.22. The van der Waals surface area contributed by atoms with Crippen molar-refractivity contribution in [2.75, 3.05) is 18.9 Å². The molecular formula is C16H13Br2FN2O2.